The SMILES string of the molecule is CC(C)c1nn2c(Cl)ccc2c(-c2ccc(F)cc2)c1CN. The normalized spacial score (nSPS) is 11.5. The summed E-state index contributed by atoms with van der Waals surface area (Å²) in [6.07, 6.45) is 0. The fraction of sp³-hybridized carbons (Fsp3) is 0.235. The number of hydrogen-bond donors (Lipinski definition) is 1. The summed E-state index contributed by atoms with van der Waals surface area (Å²) in [5, 5.41) is 5.18. The van der Waals surface area contributed by atoms with Crippen LogP contribution in [0.1, 0.15) is 31.0 Å². The Bertz CT molecular complexity index is 822. The van der Waals surface area contributed by atoms with E-state index in [4.69, 9.17) is 17.3 Å². The molecule has 2 aromatic heterocycles. The van der Waals surface area contributed by atoms with Crippen molar-refractivity contribution in [2.24, 2.45) is 5.73 Å². The number of halogens is 2. The van der Waals surface area contributed by atoms with Gasteiger partial charge in [-0.15, -0.1) is 0 Å². The minimum Gasteiger partial charge on any atom is -0.326 e. The lowest BCUT2D eigenvalue weighted by Crippen LogP contribution is -2.11. The Morgan fingerprint density at radius 1 is 1.18 bits per heavy atom. The molecule has 5 heteroatoms. The van der Waals surface area contributed by atoms with Gasteiger partial charge in [-0.25, -0.2) is 8.91 Å². The molecule has 0 saturated heterocycles. The van der Waals surface area contributed by atoms with Crippen LogP contribution in [0.25, 0.3) is 16.6 Å². The third kappa shape index (κ3) is 2.38. The average molecular weight is 318 g/mol. The number of rotatable bonds is 3. The molecular formula is C17H17ClFN3. The van der Waals surface area contributed by atoms with E-state index in [0.717, 1.165) is 27.9 Å². The van der Waals surface area contributed by atoms with Crippen LogP contribution in [-0.2, 0) is 6.54 Å². The highest BCUT2D eigenvalue weighted by atomic mass is 35.5. The second-order valence-electron chi connectivity index (χ2n) is 5.56. The van der Waals surface area contributed by atoms with Crippen molar-refractivity contribution in [1.82, 2.24) is 9.61 Å². The van der Waals surface area contributed by atoms with Crippen LogP contribution >= 0.6 is 11.6 Å². The molecule has 0 spiro atoms. The van der Waals surface area contributed by atoms with Gasteiger partial charge in [-0.3, -0.25) is 0 Å². The Balaban J connectivity index is 2.41. The highest BCUT2D eigenvalue weighted by Crippen LogP contribution is 2.34. The molecule has 0 aliphatic heterocycles. The quantitative estimate of drug-likeness (QED) is 0.779. The highest BCUT2D eigenvalue weighted by molar-refractivity contribution is 6.30. The number of benzene rings is 1. The summed E-state index contributed by atoms with van der Waals surface area (Å²) in [5.41, 5.74) is 10.6. The van der Waals surface area contributed by atoms with Gasteiger partial charge < -0.3 is 5.73 Å². The van der Waals surface area contributed by atoms with Crippen molar-refractivity contribution >= 4 is 17.1 Å². The number of nitrogens with zero attached hydrogens (tertiary/aromatic N) is 2. The smallest absolute Gasteiger partial charge is 0.131 e. The van der Waals surface area contributed by atoms with Crippen LogP contribution in [0, 0.1) is 5.82 Å². The molecule has 0 bridgehead atoms. The summed E-state index contributed by atoms with van der Waals surface area (Å²) in [6.45, 7) is 4.50. The fourth-order valence-corrected chi connectivity index (χ4v) is 2.95. The molecule has 2 heterocycles. The van der Waals surface area contributed by atoms with Gasteiger partial charge in [0.15, 0.2) is 0 Å². The van der Waals surface area contributed by atoms with E-state index >= 15 is 0 Å². The van der Waals surface area contributed by atoms with Gasteiger partial charge in [0, 0.05) is 12.1 Å². The Hall–Kier alpha value is -1.91. The lowest BCUT2D eigenvalue weighted by atomic mass is 9.94. The summed E-state index contributed by atoms with van der Waals surface area (Å²) in [7, 11) is 0. The third-order valence-corrected chi connectivity index (χ3v) is 4.05. The molecule has 0 radical (unpaired) electrons. The maximum absolute atomic E-state index is 13.2. The summed E-state index contributed by atoms with van der Waals surface area (Å²) in [4.78, 5) is 0. The average Bonchev–Trinajstić information content (AvgIpc) is 2.87. The van der Waals surface area contributed by atoms with Gasteiger partial charge in [-0.2, -0.15) is 5.10 Å². The molecule has 2 N–H and O–H groups in total. The van der Waals surface area contributed by atoms with E-state index in [2.05, 4.69) is 18.9 Å². The van der Waals surface area contributed by atoms with E-state index in [0.29, 0.717) is 11.7 Å². The molecule has 0 amide bonds. The Morgan fingerprint density at radius 3 is 2.45 bits per heavy atom. The lowest BCUT2D eigenvalue weighted by Gasteiger charge is -2.17. The lowest BCUT2D eigenvalue weighted by molar-refractivity contribution is 0.628. The van der Waals surface area contributed by atoms with Crippen LogP contribution in [0.15, 0.2) is 36.4 Å². The summed E-state index contributed by atoms with van der Waals surface area (Å²) in [5.74, 6) is -0.0544. The molecule has 22 heavy (non-hydrogen) atoms. The van der Waals surface area contributed by atoms with Crippen LogP contribution in [0.5, 0.6) is 0 Å². The molecule has 0 atom stereocenters. The second kappa shape index (κ2) is 5.71. The Labute approximate surface area is 133 Å². The molecule has 3 rings (SSSR count). The zero-order valence-corrected chi connectivity index (χ0v) is 13.2. The molecular weight excluding hydrogens is 301 g/mol. The maximum atomic E-state index is 13.2. The van der Waals surface area contributed by atoms with Crippen molar-refractivity contribution in [2.45, 2.75) is 26.3 Å². The topological polar surface area (TPSA) is 43.3 Å². The van der Waals surface area contributed by atoms with Crippen molar-refractivity contribution in [1.29, 1.82) is 0 Å². The van der Waals surface area contributed by atoms with Crippen molar-refractivity contribution in [2.75, 3.05) is 0 Å². The Kier molecular flexibility index (Phi) is 3.89. The first-order chi connectivity index (χ1) is 10.5. The zero-order valence-electron chi connectivity index (χ0n) is 12.5. The van der Waals surface area contributed by atoms with Crippen molar-refractivity contribution in [3.05, 3.63) is 58.6 Å². The Morgan fingerprint density at radius 2 is 1.86 bits per heavy atom. The third-order valence-electron chi connectivity index (χ3n) is 3.77. The molecule has 114 valence electrons. The molecule has 0 unspecified atom stereocenters. The molecule has 3 aromatic rings. The molecule has 0 aliphatic carbocycles. The van der Waals surface area contributed by atoms with Gasteiger partial charge in [0.1, 0.15) is 11.0 Å². The maximum Gasteiger partial charge on any atom is 0.131 e. The summed E-state index contributed by atoms with van der Waals surface area (Å²) >= 11 is 6.24. The predicted octanol–water partition coefficient (Wildman–Crippen LogP) is 4.38. The largest absolute Gasteiger partial charge is 0.326 e. The molecule has 0 fully saturated rings. The minimum absolute atomic E-state index is 0.209. The second-order valence-corrected chi connectivity index (χ2v) is 5.94. The number of hydrogen-bond acceptors (Lipinski definition) is 2. The van der Waals surface area contributed by atoms with Gasteiger partial charge in [0.25, 0.3) is 0 Å². The van der Waals surface area contributed by atoms with Crippen LogP contribution in [-0.4, -0.2) is 9.61 Å². The summed E-state index contributed by atoms with van der Waals surface area (Å²) < 4.78 is 15.0. The van der Waals surface area contributed by atoms with E-state index in [1.54, 1.807) is 22.7 Å². The van der Waals surface area contributed by atoms with Crippen LogP contribution in [0.4, 0.5) is 4.39 Å². The molecule has 1 aromatic carbocycles. The van der Waals surface area contributed by atoms with Gasteiger partial charge in [-0.1, -0.05) is 37.6 Å². The fourth-order valence-electron chi connectivity index (χ4n) is 2.75. The van der Waals surface area contributed by atoms with Gasteiger partial charge in [-0.05, 0) is 41.3 Å². The van der Waals surface area contributed by atoms with E-state index in [-0.39, 0.29) is 11.7 Å². The first-order valence-corrected chi connectivity index (χ1v) is 7.56. The molecule has 0 saturated carbocycles. The van der Waals surface area contributed by atoms with E-state index < -0.39 is 0 Å². The predicted molar refractivity (Wildman–Crippen MR) is 87.6 cm³/mol. The van der Waals surface area contributed by atoms with Crippen LogP contribution in [0.3, 0.4) is 0 Å². The highest BCUT2D eigenvalue weighted by Gasteiger charge is 2.19. The van der Waals surface area contributed by atoms with E-state index in [1.165, 1.54) is 12.1 Å². The van der Waals surface area contributed by atoms with Gasteiger partial charge in [0.05, 0.1) is 11.2 Å². The van der Waals surface area contributed by atoms with Crippen molar-refractivity contribution in [3.8, 4) is 11.1 Å². The first kappa shape index (κ1) is 15.0. The number of nitrogens with two attached hydrogens (primary N) is 1. The number of aromatic nitrogens is 2. The standard InChI is InChI=1S/C17H17ClFN3/c1-10(2)17-13(9-20)16(11-3-5-12(19)6-4-11)14-7-8-15(18)22(14)21-17/h3-8,10H,9,20H2,1-2H3. The van der Waals surface area contributed by atoms with Gasteiger partial charge >= 0.3 is 0 Å². The molecule has 3 nitrogen and oxygen atoms in total. The molecule has 0 aliphatic rings. The van der Waals surface area contributed by atoms with Gasteiger partial charge in [0.2, 0.25) is 0 Å². The monoisotopic (exact) mass is 317 g/mol. The number of fused-ring (bicyclic) bond motifs is 1. The summed E-state index contributed by atoms with van der Waals surface area (Å²) in [6, 6.07) is 10.1. The van der Waals surface area contributed by atoms with E-state index in [9.17, 15) is 4.39 Å². The first-order valence-electron chi connectivity index (χ1n) is 7.19. The van der Waals surface area contributed by atoms with Crippen molar-refractivity contribution in [3.63, 3.8) is 0 Å². The minimum atomic E-state index is -0.263. The van der Waals surface area contributed by atoms with Crippen LogP contribution in [0.2, 0.25) is 5.15 Å². The van der Waals surface area contributed by atoms with Crippen LogP contribution < -0.4 is 5.73 Å². The zero-order chi connectivity index (χ0) is 15.9. The van der Waals surface area contributed by atoms with E-state index in [1.807, 2.05) is 6.07 Å². The van der Waals surface area contributed by atoms with Crippen molar-refractivity contribution < 1.29 is 4.39 Å².